The Hall–Kier alpha value is -0.870. The lowest BCUT2D eigenvalue weighted by Crippen LogP contribution is -3.12. The van der Waals surface area contributed by atoms with Crippen LogP contribution in [0.5, 0.6) is 0 Å². The Bertz CT molecular complexity index is 224. The van der Waals surface area contributed by atoms with Crippen molar-refractivity contribution in [2.24, 2.45) is 5.73 Å². The molecule has 0 saturated heterocycles. The van der Waals surface area contributed by atoms with E-state index in [9.17, 15) is 10.0 Å². The fraction of sp³-hybridized carbons (Fsp3) is 0.571. The second-order valence-electron chi connectivity index (χ2n) is 3.23. The van der Waals surface area contributed by atoms with Crippen LogP contribution in [0.4, 0.5) is 0 Å². The number of nitrogens with two attached hydrogens (primary N) is 1. The van der Waals surface area contributed by atoms with Crippen molar-refractivity contribution in [2.45, 2.75) is 25.8 Å². The molecule has 1 aliphatic heterocycles. The van der Waals surface area contributed by atoms with Gasteiger partial charge in [0.15, 0.2) is 5.54 Å². The molecule has 11 heavy (non-hydrogen) atoms. The summed E-state index contributed by atoms with van der Waals surface area (Å²) in [6, 6.07) is 0. The van der Waals surface area contributed by atoms with Crippen molar-refractivity contribution in [3.05, 3.63) is 17.0 Å². The lowest BCUT2D eigenvalue weighted by atomic mass is 9.97. The first-order valence-electron chi connectivity index (χ1n) is 3.48. The van der Waals surface area contributed by atoms with E-state index in [0.29, 0.717) is 6.42 Å². The highest BCUT2D eigenvalue weighted by Crippen LogP contribution is 2.16. The highest BCUT2D eigenvalue weighted by Gasteiger charge is 2.41. The molecule has 2 atom stereocenters. The van der Waals surface area contributed by atoms with Gasteiger partial charge in [-0.1, -0.05) is 0 Å². The lowest BCUT2D eigenvalue weighted by Gasteiger charge is -2.30. The SMILES string of the molecule is CC1=C[NH+]([O-])C(C)(C(N)=O)C1. The van der Waals surface area contributed by atoms with Crippen molar-refractivity contribution in [1.29, 1.82) is 0 Å². The summed E-state index contributed by atoms with van der Waals surface area (Å²) >= 11 is 0. The van der Waals surface area contributed by atoms with Crippen LogP contribution in [0.3, 0.4) is 0 Å². The fourth-order valence-corrected chi connectivity index (χ4v) is 1.29. The third-order valence-corrected chi connectivity index (χ3v) is 2.10. The zero-order chi connectivity index (χ0) is 8.65. The van der Waals surface area contributed by atoms with Crippen molar-refractivity contribution in [3.8, 4) is 0 Å². The number of nitrogens with one attached hydrogen (secondary N) is 1. The molecule has 1 rings (SSSR count). The molecule has 0 aromatic heterocycles. The van der Waals surface area contributed by atoms with Gasteiger partial charge in [0.2, 0.25) is 0 Å². The molecule has 1 aliphatic rings. The molecule has 1 amide bonds. The number of carbonyl (C=O) groups excluding carboxylic acids is 1. The minimum Gasteiger partial charge on any atom is -0.629 e. The van der Waals surface area contributed by atoms with Gasteiger partial charge in [-0.3, -0.25) is 4.79 Å². The molecule has 4 heteroatoms. The number of hydrogen-bond acceptors (Lipinski definition) is 2. The number of hydrogen-bond donors (Lipinski definition) is 2. The van der Waals surface area contributed by atoms with Crippen LogP contribution in [-0.4, -0.2) is 11.4 Å². The highest BCUT2D eigenvalue weighted by atomic mass is 16.5. The molecule has 1 heterocycles. The third-order valence-electron chi connectivity index (χ3n) is 2.10. The van der Waals surface area contributed by atoms with Gasteiger partial charge in [0.25, 0.3) is 5.91 Å². The molecule has 0 aliphatic carbocycles. The van der Waals surface area contributed by atoms with Crippen molar-refractivity contribution >= 4 is 5.91 Å². The van der Waals surface area contributed by atoms with Gasteiger partial charge in [-0.15, -0.1) is 0 Å². The minimum atomic E-state index is -0.968. The predicted octanol–water partition coefficient (Wildman–Crippen LogP) is -1.08. The summed E-state index contributed by atoms with van der Waals surface area (Å²) in [4.78, 5) is 10.8. The van der Waals surface area contributed by atoms with E-state index in [4.69, 9.17) is 5.73 Å². The predicted molar refractivity (Wildman–Crippen MR) is 40.3 cm³/mol. The molecule has 0 bridgehead atoms. The molecule has 0 radical (unpaired) electrons. The zero-order valence-corrected chi connectivity index (χ0v) is 6.68. The molecular formula is C7H12N2O2. The van der Waals surface area contributed by atoms with Crippen LogP contribution in [0.2, 0.25) is 0 Å². The van der Waals surface area contributed by atoms with Crippen LogP contribution >= 0.6 is 0 Å². The largest absolute Gasteiger partial charge is 0.629 e. The van der Waals surface area contributed by atoms with E-state index >= 15 is 0 Å². The maximum Gasteiger partial charge on any atom is 0.279 e. The summed E-state index contributed by atoms with van der Waals surface area (Å²) in [6.07, 6.45) is 1.96. The smallest absolute Gasteiger partial charge is 0.279 e. The van der Waals surface area contributed by atoms with Gasteiger partial charge in [0.05, 0.1) is 6.20 Å². The first-order valence-corrected chi connectivity index (χ1v) is 3.48. The summed E-state index contributed by atoms with van der Waals surface area (Å²) in [5.41, 5.74) is 5.05. The summed E-state index contributed by atoms with van der Waals surface area (Å²) in [7, 11) is 0. The number of hydroxylamine groups is 2. The fourth-order valence-electron chi connectivity index (χ4n) is 1.29. The van der Waals surface area contributed by atoms with Gasteiger partial charge < -0.3 is 16.0 Å². The van der Waals surface area contributed by atoms with E-state index in [1.165, 1.54) is 6.20 Å². The Morgan fingerprint density at radius 2 is 2.45 bits per heavy atom. The molecule has 0 aromatic carbocycles. The number of carbonyl (C=O) groups is 1. The molecule has 2 unspecified atom stereocenters. The number of quaternary nitrogens is 1. The highest BCUT2D eigenvalue weighted by molar-refractivity contribution is 5.83. The molecular weight excluding hydrogens is 144 g/mol. The number of primary amides is 1. The van der Waals surface area contributed by atoms with E-state index in [1.54, 1.807) is 6.92 Å². The molecule has 3 N–H and O–H groups in total. The van der Waals surface area contributed by atoms with Crippen LogP contribution in [0.15, 0.2) is 11.8 Å². The standard InChI is InChI=1S/C7H12N2O2/c1-5-3-7(2,6(8)10)9(11)4-5/h4,9H,3H2,1-2H3,(H2,8,10). The average molecular weight is 156 g/mol. The van der Waals surface area contributed by atoms with E-state index in [1.807, 2.05) is 6.92 Å². The van der Waals surface area contributed by atoms with Crippen LogP contribution in [0, 0.1) is 5.21 Å². The van der Waals surface area contributed by atoms with Gasteiger partial charge >= 0.3 is 0 Å². The van der Waals surface area contributed by atoms with Crippen molar-refractivity contribution < 1.29 is 9.86 Å². The Morgan fingerprint density at radius 3 is 2.64 bits per heavy atom. The van der Waals surface area contributed by atoms with Crippen molar-refractivity contribution in [2.75, 3.05) is 0 Å². The van der Waals surface area contributed by atoms with E-state index in [2.05, 4.69) is 0 Å². The van der Waals surface area contributed by atoms with E-state index in [0.717, 1.165) is 5.57 Å². The Labute approximate surface area is 65.2 Å². The maximum atomic E-state index is 11.2. The Kier molecular flexibility index (Phi) is 1.74. The number of rotatable bonds is 1. The summed E-state index contributed by atoms with van der Waals surface area (Å²) in [5.74, 6) is -0.532. The van der Waals surface area contributed by atoms with Crippen LogP contribution in [0.1, 0.15) is 20.3 Å². The zero-order valence-electron chi connectivity index (χ0n) is 6.68. The van der Waals surface area contributed by atoms with Crippen LogP contribution < -0.4 is 10.8 Å². The summed E-state index contributed by atoms with van der Waals surface area (Å²) in [5, 5.41) is 11.0. The van der Waals surface area contributed by atoms with Crippen molar-refractivity contribution in [1.82, 2.24) is 0 Å². The molecule has 0 saturated carbocycles. The first-order chi connectivity index (χ1) is 4.97. The van der Waals surface area contributed by atoms with Gasteiger partial charge in [0.1, 0.15) is 0 Å². The Balaban J connectivity index is 2.86. The minimum absolute atomic E-state index is 0.164. The van der Waals surface area contributed by atoms with Crippen LogP contribution in [0.25, 0.3) is 0 Å². The van der Waals surface area contributed by atoms with E-state index in [-0.39, 0.29) is 5.06 Å². The molecule has 0 fully saturated rings. The molecule has 4 nitrogen and oxygen atoms in total. The molecule has 0 spiro atoms. The molecule has 0 aromatic rings. The summed E-state index contributed by atoms with van der Waals surface area (Å²) < 4.78 is 0. The van der Waals surface area contributed by atoms with Gasteiger partial charge in [0, 0.05) is 13.3 Å². The average Bonchev–Trinajstić information content (AvgIpc) is 2.08. The topological polar surface area (TPSA) is 70.6 Å². The lowest BCUT2D eigenvalue weighted by molar-refractivity contribution is -0.831. The van der Waals surface area contributed by atoms with Gasteiger partial charge in [-0.25, -0.2) is 0 Å². The van der Waals surface area contributed by atoms with E-state index < -0.39 is 11.4 Å². The molecule has 62 valence electrons. The second-order valence-corrected chi connectivity index (χ2v) is 3.23. The first kappa shape index (κ1) is 8.23. The Morgan fingerprint density at radius 1 is 1.91 bits per heavy atom. The monoisotopic (exact) mass is 156 g/mol. The second kappa shape index (κ2) is 2.32. The van der Waals surface area contributed by atoms with Crippen LogP contribution in [-0.2, 0) is 4.79 Å². The maximum absolute atomic E-state index is 11.2. The third kappa shape index (κ3) is 1.15. The summed E-state index contributed by atoms with van der Waals surface area (Å²) in [6.45, 7) is 3.41. The normalized spacial score (nSPS) is 37.0. The van der Waals surface area contributed by atoms with Gasteiger partial charge in [-0.2, -0.15) is 0 Å². The van der Waals surface area contributed by atoms with Gasteiger partial charge in [-0.05, 0) is 12.5 Å². The van der Waals surface area contributed by atoms with Crippen molar-refractivity contribution in [3.63, 3.8) is 0 Å². The number of amides is 1. The quantitative estimate of drug-likeness (QED) is 0.474.